The topological polar surface area (TPSA) is 0 Å². The Morgan fingerprint density at radius 2 is 2.20 bits per heavy atom. The third-order valence-electron chi connectivity index (χ3n) is 4.77. The maximum atomic E-state index is 4.26. The van der Waals surface area contributed by atoms with E-state index >= 15 is 0 Å². The van der Waals surface area contributed by atoms with Gasteiger partial charge in [-0.15, -0.1) is 0 Å². The van der Waals surface area contributed by atoms with Crippen LogP contribution in [-0.4, -0.2) is 0 Å². The van der Waals surface area contributed by atoms with Gasteiger partial charge in [0, 0.05) is 0 Å². The molecule has 2 fully saturated rings. The van der Waals surface area contributed by atoms with E-state index in [1.165, 1.54) is 37.7 Å². The predicted octanol–water partition coefficient (Wildman–Crippen LogP) is 4.73. The Bertz CT molecular complexity index is 293. The first kappa shape index (κ1) is 11.0. The second-order valence-corrected chi connectivity index (χ2v) is 6.02. The van der Waals surface area contributed by atoms with Crippen molar-refractivity contribution in [2.24, 2.45) is 17.3 Å². The van der Waals surface area contributed by atoms with Gasteiger partial charge in [0.2, 0.25) is 0 Å². The van der Waals surface area contributed by atoms with Gasteiger partial charge in [0.15, 0.2) is 0 Å². The van der Waals surface area contributed by atoms with E-state index in [1.807, 2.05) is 0 Å². The van der Waals surface area contributed by atoms with Gasteiger partial charge in [-0.05, 0) is 63.2 Å². The van der Waals surface area contributed by atoms with Crippen molar-refractivity contribution in [1.82, 2.24) is 0 Å². The molecule has 2 saturated carbocycles. The van der Waals surface area contributed by atoms with E-state index in [1.54, 1.807) is 5.57 Å². The molecule has 0 heterocycles. The van der Waals surface area contributed by atoms with Crippen LogP contribution in [0.2, 0.25) is 0 Å². The summed E-state index contributed by atoms with van der Waals surface area (Å²) in [7, 11) is 0. The lowest BCUT2D eigenvalue weighted by Crippen LogP contribution is -2.21. The minimum absolute atomic E-state index is 0.586. The highest BCUT2D eigenvalue weighted by molar-refractivity contribution is 5.20. The molecule has 0 N–H and O–H groups in total. The molecule has 3 atom stereocenters. The summed E-state index contributed by atoms with van der Waals surface area (Å²) in [6, 6.07) is 0. The van der Waals surface area contributed by atoms with Gasteiger partial charge in [0.1, 0.15) is 0 Å². The summed E-state index contributed by atoms with van der Waals surface area (Å²) in [5.74, 6) is 1.79. The fourth-order valence-corrected chi connectivity index (χ4v) is 3.83. The average molecular weight is 204 g/mol. The van der Waals surface area contributed by atoms with Crippen LogP contribution in [0, 0.1) is 17.3 Å². The first-order valence-electron chi connectivity index (χ1n) is 6.35. The number of hydrogen-bond donors (Lipinski definition) is 0. The molecule has 0 aliphatic heterocycles. The molecule has 2 rings (SSSR count). The van der Waals surface area contributed by atoms with Crippen molar-refractivity contribution >= 4 is 0 Å². The van der Waals surface area contributed by atoms with E-state index in [4.69, 9.17) is 0 Å². The van der Waals surface area contributed by atoms with Crippen molar-refractivity contribution in [2.45, 2.75) is 52.9 Å². The lowest BCUT2D eigenvalue weighted by Gasteiger charge is -2.29. The molecular formula is C15H24. The maximum Gasteiger partial charge on any atom is -0.0149 e. The van der Waals surface area contributed by atoms with Crippen LogP contribution in [0.15, 0.2) is 23.8 Å². The van der Waals surface area contributed by atoms with Crippen molar-refractivity contribution < 1.29 is 0 Å². The Labute approximate surface area is 94.5 Å². The predicted molar refractivity (Wildman–Crippen MR) is 66.7 cm³/mol. The van der Waals surface area contributed by atoms with E-state index in [-0.39, 0.29) is 0 Å². The molecule has 15 heavy (non-hydrogen) atoms. The Hall–Kier alpha value is -0.520. The summed E-state index contributed by atoms with van der Waals surface area (Å²) in [6.45, 7) is 11.2. The summed E-state index contributed by atoms with van der Waals surface area (Å²) in [5.41, 5.74) is 3.59. The molecule has 2 bridgehead atoms. The number of hydrogen-bond acceptors (Lipinski definition) is 0. The van der Waals surface area contributed by atoms with Crippen LogP contribution in [0.4, 0.5) is 0 Å². The molecule has 0 spiro atoms. The number of rotatable bonds is 3. The Morgan fingerprint density at radius 3 is 2.67 bits per heavy atom. The van der Waals surface area contributed by atoms with E-state index in [2.05, 4.69) is 33.4 Å². The first-order valence-corrected chi connectivity index (χ1v) is 6.35. The largest absolute Gasteiger partial charge is 0.0995 e. The van der Waals surface area contributed by atoms with Crippen LogP contribution in [0.25, 0.3) is 0 Å². The van der Waals surface area contributed by atoms with Crippen molar-refractivity contribution in [1.29, 1.82) is 0 Å². The van der Waals surface area contributed by atoms with Crippen LogP contribution < -0.4 is 0 Å². The highest BCUT2D eigenvalue weighted by Gasteiger charge is 2.51. The van der Waals surface area contributed by atoms with Gasteiger partial charge in [0.25, 0.3) is 0 Å². The fourth-order valence-electron chi connectivity index (χ4n) is 3.83. The third-order valence-corrected chi connectivity index (χ3v) is 4.77. The van der Waals surface area contributed by atoms with Crippen molar-refractivity contribution in [3.63, 3.8) is 0 Å². The third kappa shape index (κ3) is 1.79. The van der Waals surface area contributed by atoms with E-state index in [0.717, 1.165) is 11.8 Å². The quantitative estimate of drug-likeness (QED) is 0.583. The molecule has 0 unspecified atom stereocenters. The van der Waals surface area contributed by atoms with E-state index < -0.39 is 0 Å². The van der Waals surface area contributed by atoms with Crippen molar-refractivity contribution in [3.8, 4) is 0 Å². The molecule has 0 saturated heterocycles. The molecule has 2 aliphatic rings. The Balaban J connectivity index is 2.02. The Morgan fingerprint density at radius 1 is 1.47 bits per heavy atom. The summed E-state index contributed by atoms with van der Waals surface area (Å²) in [4.78, 5) is 0. The zero-order valence-electron chi connectivity index (χ0n) is 10.5. The van der Waals surface area contributed by atoms with Gasteiger partial charge in [-0.3, -0.25) is 0 Å². The van der Waals surface area contributed by atoms with Crippen LogP contribution in [0.1, 0.15) is 52.9 Å². The maximum absolute atomic E-state index is 4.26. The van der Waals surface area contributed by atoms with E-state index in [0.29, 0.717) is 5.41 Å². The molecule has 0 radical (unpaired) electrons. The van der Waals surface area contributed by atoms with Gasteiger partial charge in [-0.1, -0.05) is 30.7 Å². The standard InChI is InChI=1S/C15H24/c1-11(2)6-5-9-15(4)13-7-8-14(15)12(3)10-13/h6,13-14H,3,5,7-10H2,1-2,4H3/t13-,14+,15-/m1/s1. The molecule has 0 aromatic rings. The summed E-state index contributed by atoms with van der Waals surface area (Å²) in [5, 5.41) is 0. The number of allylic oxidation sites excluding steroid dienone is 3. The molecule has 0 aromatic carbocycles. The second-order valence-electron chi connectivity index (χ2n) is 6.02. The first-order chi connectivity index (χ1) is 7.04. The number of fused-ring (bicyclic) bond motifs is 2. The lowest BCUT2D eigenvalue weighted by atomic mass is 9.75. The van der Waals surface area contributed by atoms with Crippen molar-refractivity contribution in [3.05, 3.63) is 23.8 Å². The normalized spacial score (nSPS) is 38.5. The second kappa shape index (κ2) is 3.81. The zero-order chi connectivity index (χ0) is 11.1. The molecule has 0 heteroatoms. The molecule has 0 nitrogen and oxygen atoms in total. The Kier molecular flexibility index (Phi) is 2.79. The highest BCUT2D eigenvalue weighted by atomic mass is 14.6. The summed E-state index contributed by atoms with van der Waals surface area (Å²) in [6.07, 6.45) is 9.21. The molecular weight excluding hydrogens is 180 g/mol. The summed E-state index contributed by atoms with van der Waals surface area (Å²) < 4.78 is 0. The van der Waals surface area contributed by atoms with E-state index in [9.17, 15) is 0 Å². The van der Waals surface area contributed by atoms with Crippen LogP contribution in [-0.2, 0) is 0 Å². The van der Waals surface area contributed by atoms with Gasteiger partial charge in [-0.25, -0.2) is 0 Å². The van der Waals surface area contributed by atoms with Crippen molar-refractivity contribution in [2.75, 3.05) is 0 Å². The van der Waals surface area contributed by atoms with Gasteiger partial charge in [-0.2, -0.15) is 0 Å². The highest BCUT2D eigenvalue weighted by Crippen LogP contribution is 2.61. The molecule has 0 amide bonds. The smallest absolute Gasteiger partial charge is 0.0149 e. The van der Waals surface area contributed by atoms with Crippen LogP contribution in [0.5, 0.6) is 0 Å². The van der Waals surface area contributed by atoms with Crippen LogP contribution >= 0.6 is 0 Å². The lowest BCUT2D eigenvalue weighted by molar-refractivity contribution is 0.213. The minimum atomic E-state index is 0.586. The SMILES string of the molecule is C=C1C[C@H]2CC[C@@H]1[C@]2(C)CCC=C(C)C. The average Bonchev–Trinajstić information content (AvgIpc) is 2.55. The monoisotopic (exact) mass is 204 g/mol. The van der Waals surface area contributed by atoms with Gasteiger partial charge >= 0.3 is 0 Å². The van der Waals surface area contributed by atoms with Crippen LogP contribution in [0.3, 0.4) is 0 Å². The molecule has 84 valence electrons. The molecule has 2 aliphatic carbocycles. The zero-order valence-corrected chi connectivity index (χ0v) is 10.5. The van der Waals surface area contributed by atoms with Gasteiger partial charge in [0.05, 0.1) is 0 Å². The fraction of sp³-hybridized carbons (Fsp3) is 0.733. The minimum Gasteiger partial charge on any atom is -0.0995 e. The molecule has 0 aromatic heterocycles. The summed E-state index contributed by atoms with van der Waals surface area (Å²) >= 11 is 0. The van der Waals surface area contributed by atoms with Gasteiger partial charge < -0.3 is 0 Å².